The van der Waals surface area contributed by atoms with Crippen molar-refractivity contribution in [2.45, 2.75) is 59.1 Å². The predicted molar refractivity (Wildman–Crippen MR) is 150 cm³/mol. The number of anilines is 1. The molecule has 1 amide bonds. The molecule has 4 rings (SSSR count). The van der Waals surface area contributed by atoms with Gasteiger partial charge in [-0.1, -0.05) is 45.0 Å². The number of nitrogens with zero attached hydrogens (tertiary/aromatic N) is 1. The van der Waals surface area contributed by atoms with E-state index in [4.69, 9.17) is 9.47 Å². The normalized spacial score (nSPS) is 17.2. The van der Waals surface area contributed by atoms with Gasteiger partial charge in [0.15, 0.2) is 0 Å². The molecule has 1 heterocycles. The molecule has 0 spiro atoms. The molecule has 0 aromatic heterocycles. The fourth-order valence-electron chi connectivity index (χ4n) is 4.57. The Morgan fingerprint density at radius 3 is 2.00 bits per heavy atom. The highest BCUT2D eigenvalue weighted by molar-refractivity contribution is 6.51. The molecule has 0 saturated carbocycles. The second kappa shape index (κ2) is 10.7. The molecule has 3 aromatic carbocycles. The molecule has 0 bridgehead atoms. The Kier molecular flexibility index (Phi) is 7.63. The Morgan fingerprint density at radius 2 is 1.47 bits per heavy atom. The van der Waals surface area contributed by atoms with Crippen LogP contribution in [-0.4, -0.2) is 29.5 Å². The minimum absolute atomic E-state index is 0.00692. The molecule has 3 aromatic rings. The van der Waals surface area contributed by atoms with Crippen molar-refractivity contribution in [1.29, 1.82) is 0 Å². The molecule has 6 heteroatoms. The molecule has 0 aliphatic carbocycles. The van der Waals surface area contributed by atoms with Crippen molar-refractivity contribution < 1.29 is 24.2 Å². The van der Waals surface area contributed by atoms with Crippen LogP contribution in [0.1, 0.15) is 64.3 Å². The summed E-state index contributed by atoms with van der Waals surface area (Å²) in [6, 6.07) is 20.9. The first-order chi connectivity index (χ1) is 18.0. The Morgan fingerprint density at radius 1 is 0.895 bits per heavy atom. The zero-order valence-electron chi connectivity index (χ0n) is 22.8. The van der Waals surface area contributed by atoms with Crippen LogP contribution in [0.4, 0.5) is 5.69 Å². The number of rotatable bonds is 7. The molecule has 1 aliphatic rings. The van der Waals surface area contributed by atoms with Gasteiger partial charge in [-0.2, -0.15) is 0 Å². The number of benzene rings is 3. The maximum atomic E-state index is 13.5. The van der Waals surface area contributed by atoms with Crippen LogP contribution < -0.4 is 14.4 Å². The molecule has 1 atom stereocenters. The van der Waals surface area contributed by atoms with Gasteiger partial charge in [0.2, 0.25) is 0 Å². The fraction of sp³-hybridized carbons (Fsp3) is 0.312. The number of amides is 1. The van der Waals surface area contributed by atoms with E-state index in [1.807, 2.05) is 69.3 Å². The standard InChI is InChI=1S/C32H35NO5/c1-7-37-25-16-10-22(11-17-25)29(34)27-28(21-8-18-26(19-9-21)38-20(2)3)33(31(36)30(27)35)24-14-12-23(13-15-24)32(4,5)6/h8-20,28,34H,7H2,1-6H3/b29-27+. The van der Waals surface area contributed by atoms with Gasteiger partial charge in [-0.25, -0.2) is 0 Å². The minimum Gasteiger partial charge on any atom is -0.507 e. The zero-order valence-corrected chi connectivity index (χ0v) is 22.8. The average molecular weight is 514 g/mol. The Bertz CT molecular complexity index is 1330. The number of ether oxygens (including phenoxy) is 2. The zero-order chi connectivity index (χ0) is 27.6. The molecule has 0 radical (unpaired) electrons. The fourth-order valence-corrected chi connectivity index (χ4v) is 4.57. The lowest BCUT2D eigenvalue weighted by molar-refractivity contribution is -0.132. The topological polar surface area (TPSA) is 76.1 Å². The van der Waals surface area contributed by atoms with Gasteiger partial charge in [-0.3, -0.25) is 14.5 Å². The highest BCUT2D eigenvalue weighted by Crippen LogP contribution is 2.43. The molecule has 1 N–H and O–H groups in total. The first-order valence-corrected chi connectivity index (χ1v) is 12.9. The van der Waals surface area contributed by atoms with Crippen molar-refractivity contribution in [1.82, 2.24) is 0 Å². The van der Waals surface area contributed by atoms with Crippen molar-refractivity contribution in [3.05, 3.63) is 95.1 Å². The Balaban J connectivity index is 1.84. The number of hydrogen-bond donors (Lipinski definition) is 1. The van der Waals surface area contributed by atoms with E-state index in [0.29, 0.717) is 34.9 Å². The van der Waals surface area contributed by atoms with E-state index in [1.165, 1.54) is 4.90 Å². The number of Topliss-reactive ketones (excluding diaryl/α,β-unsaturated/α-hetero) is 1. The second-order valence-corrected chi connectivity index (χ2v) is 10.7. The predicted octanol–water partition coefficient (Wildman–Crippen LogP) is 6.80. The summed E-state index contributed by atoms with van der Waals surface area (Å²) in [5.74, 6) is -0.313. The van der Waals surface area contributed by atoms with Gasteiger partial charge in [0.25, 0.3) is 11.7 Å². The van der Waals surface area contributed by atoms with Crippen LogP contribution in [0.3, 0.4) is 0 Å². The molecular weight excluding hydrogens is 478 g/mol. The summed E-state index contributed by atoms with van der Waals surface area (Å²) in [7, 11) is 0. The van der Waals surface area contributed by atoms with Crippen LogP contribution in [0.15, 0.2) is 78.4 Å². The maximum absolute atomic E-state index is 13.5. The summed E-state index contributed by atoms with van der Waals surface area (Å²) in [6.07, 6.45) is 0.00692. The van der Waals surface area contributed by atoms with Gasteiger partial charge < -0.3 is 14.6 Å². The maximum Gasteiger partial charge on any atom is 0.300 e. The van der Waals surface area contributed by atoms with Gasteiger partial charge in [0.1, 0.15) is 17.3 Å². The Labute approximate surface area is 224 Å². The second-order valence-electron chi connectivity index (χ2n) is 10.7. The summed E-state index contributed by atoms with van der Waals surface area (Å²) in [5.41, 5.74) is 2.78. The van der Waals surface area contributed by atoms with Crippen molar-refractivity contribution in [3.8, 4) is 11.5 Å². The van der Waals surface area contributed by atoms with E-state index in [-0.39, 0.29) is 22.9 Å². The molecule has 198 valence electrons. The quantitative estimate of drug-likeness (QED) is 0.214. The van der Waals surface area contributed by atoms with Crippen LogP contribution in [0, 0.1) is 0 Å². The van der Waals surface area contributed by atoms with Crippen LogP contribution in [0.2, 0.25) is 0 Å². The third kappa shape index (κ3) is 5.44. The van der Waals surface area contributed by atoms with Crippen molar-refractivity contribution in [3.63, 3.8) is 0 Å². The number of carbonyl (C=O) groups excluding carboxylic acids is 2. The molecule has 1 unspecified atom stereocenters. The molecule has 1 aliphatic heterocycles. The largest absolute Gasteiger partial charge is 0.507 e. The summed E-state index contributed by atoms with van der Waals surface area (Å²) in [4.78, 5) is 28.4. The van der Waals surface area contributed by atoms with Crippen molar-refractivity contribution in [2.24, 2.45) is 0 Å². The van der Waals surface area contributed by atoms with E-state index < -0.39 is 17.7 Å². The lowest BCUT2D eigenvalue weighted by Gasteiger charge is -2.27. The highest BCUT2D eigenvalue weighted by Gasteiger charge is 2.47. The number of ketones is 1. The molecule has 1 fully saturated rings. The lowest BCUT2D eigenvalue weighted by Crippen LogP contribution is -2.29. The Hall–Kier alpha value is -4.06. The minimum atomic E-state index is -0.810. The van der Waals surface area contributed by atoms with Gasteiger partial charge >= 0.3 is 0 Å². The smallest absolute Gasteiger partial charge is 0.300 e. The van der Waals surface area contributed by atoms with E-state index in [2.05, 4.69) is 20.8 Å². The number of aliphatic hydroxyl groups is 1. The van der Waals surface area contributed by atoms with Gasteiger partial charge in [0, 0.05) is 11.3 Å². The van der Waals surface area contributed by atoms with E-state index in [0.717, 1.165) is 5.56 Å². The van der Waals surface area contributed by atoms with E-state index in [9.17, 15) is 14.7 Å². The van der Waals surface area contributed by atoms with Gasteiger partial charge in [-0.15, -0.1) is 0 Å². The molecule has 1 saturated heterocycles. The number of hydrogen-bond acceptors (Lipinski definition) is 5. The third-order valence-corrected chi connectivity index (χ3v) is 6.46. The summed E-state index contributed by atoms with van der Waals surface area (Å²) >= 11 is 0. The summed E-state index contributed by atoms with van der Waals surface area (Å²) in [6.45, 7) is 12.6. The van der Waals surface area contributed by atoms with E-state index in [1.54, 1.807) is 24.3 Å². The van der Waals surface area contributed by atoms with Gasteiger partial charge in [0.05, 0.1) is 24.3 Å². The first-order valence-electron chi connectivity index (χ1n) is 12.9. The van der Waals surface area contributed by atoms with Crippen LogP contribution in [0.25, 0.3) is 5.76 Å². The molecular formula is C32H35NO5. The first kappa shape index (κ1) is 27.0. The number of aliphatic hydroxyl groups excluding tert-OH is 1. The average Bonchev–Trinajstić information content (AvgIpc) is 3.14. The van der Waals surface area contributed by atoms with Crippen LogP contribution in [-0.2, 0) is 15.0 Å². The van der Waals surface area contributed by atoms with Crippen molar-refractivity contribution in [2.75, 3.05) is 11.5 Å². The highest BCUT2D eigenvalue weighted by atomic mass is 16.5. The van der Waals surface area contributed by atoms with Crippen molar-refractivity contribution >= 4 is 23.1 Å². The summed E-state index contributed by atoms with van der Waals surface area (Å²) < 4.78 is 11.3. The SMILES string of the molecule is CCOc1ccc(/C(O)=C2\C(=O)C(=O)N(c3ccc(C(C)(C)C)cc3)C2c2ccc(OC(C)C)cc2)cc1. The summed E-state index contributed by atoms with van der Waals surface area (Å²) in [5, 5.41) is 11.4. The van der Waals surface area contributed by atoms with Gasteiger partial charge in [-0.05, 0) is 85.8 Å². The molecule has 38 heavy (non-hydrogen) atoms. The van der Waals surface area contributed by atoms with Crippen LogP contribution in [0.5, 0.6) is 11.5 Å². The monoisotopic (exact) mass is 513 g/mol. The third-order valence-electron chi connectivity index (χ3n) is 6.46. The number of carbonyl (C=O) groups is 2. The van der Waals surface area contributed by atoms with E-state index >= 15 is 0 Å². The molecule has 6 nitrogen and oxygen atoms in total. The lowest BCUT2D eigenvalue weighted by atomic mass is 9.87. The van der Waals surface area contributed by atoms with Crippen LogP contribution >= 0.6 is 0 Å².